The minimum absolute atomic E-state index is 0.0634. The molecule has 0 radical (unpaired) electrons. The Kier molecular flexibility index (Phi) is 6.67. The van der Waals surface area contributed by atoms with Crippen LogP contribution in [0.15, 0.2) is 48.5 Å². The highest BCUT2D eigenvalue weighted by Crippen LogP contribution is 2.26. The molecule has 0 unspecified atom stereocenters. The molecule has 1 N–H and O–H groups in total. The third-order valence-electron chi connectivity index (χ3n) is 3.96. The minimum Gasteiger partial charge on any atom is -0.497 e. The lowest BCUT2D eigenvalue weighted by Gasteiger charge is -2.20. The molecule has 0 atom stereocenters. The molecule has 4 nitrogen and oxygen atoms in total. The number of hydrogen-bond acceptors (Lipinski definition) is 3. The van der Waals surface area contributed by atoms with Crippen molar-refractivity contribution in [3.8, 4) is 11.5 Å². The molecule has 0 aliphatic rings. The summed E-state index contributed by atoms with van der Waals surface area (Å²) in [6.07, 6.45) is 2.44. The van der Waals surface area contributed by atoms with Gasteiger partial charge in [-0.15, -0.1) is 0 Å². The van der Waals surface area contributed by atoms with Crippen molar-refractivity contribution >= 4 is 5.91 Å². The highest BCUT2D eigenvalue weighted by atomic mass is 16.5. The molecule has 0 aromatic heterocycles. The summed E-state index contributed by atoms with van der Waals surface area (Å²) < 4.78 is 10.4. The largest absolute Gasteiger partial charge is 0.497 e. The van der Waals surface area contributed by atoms with Crippen molar-refractivity contribution < 1.29 is 14.3 Å². The van der Waals surface area contributed by atoms with Crippen LogP contribution >= 0.6 is 0 Å². The number of hydrogen-bond donors (Lipinski definition) is 1. The number of carbonyl (C=O) groups excluding carboxylic acids is 1. The molecule has 0 aliphatic carbocycles. The van der Waals surface area contributed by atoms with Crippen molar-refractivity contribution in [1.29, 1.82) is 0 Å². The van der Waals surface area contributed by atoms with Gasteiger partial charge in [-0.25, -0.2) is 0 Å². The maximum Gasteiger partial charge on any atom is 0.220 e. The van der Waals surface area contributed by atoms with Gasteiger partial charge in [-0.1, -0.05) is 37.6 Å². The fraction of sp³-hybridized carbons (Fsp3) is 0.350. The van der Waals surface area contributed by atoms with Crippen LogP contribution in [0.5, 0.6) is 11.5 Å². The molecule has 2 aromatic rings. The van der Waals surface area contributed by atoms with Crippen LogP contribution < -0.4 is 14.8 Å². The van der Waals surface area contributed by atoms with Crippen molar-refractivity contribution in [2.24, 2.45) is 0 Å². The van der Waals surface area contributed by atoms with Crippen LogP contribution in [0.25, 0.3) is 0 Å². The first-order chi connectivity index (χ1) is 11.7. The van der Waals surface area contributed by atoms with Crippen molar-refractivity contribution in [2.75, 3.05) is 14.2 Å². The van der Waals surface area contributed by atoms with Crippen molar-refractivity contribution in [3.63, 3.8) is 0 Å². The summed E-state index contributed by atoms with van der Waals surface area (Å²) in [5.41, 5.74) is 2.04. The molecule has 24 heavy (non-hydrogen) atoms. The second-order valence-electron chi connectivity index (χ2n) is 5.65. The van der Waals surface area contributed by atoms with E-state index in [-0.39, 0.29) is 11.9 Å². The van der Waals surface area contributed by atoms with E-state index in [9.17, 15) is 4.79 Å². The zero-order valence-electron chi connectivity index (χ0n) is 14.5. The van der Waals surface area contributed by atoms with Gasteiger partial charge in [0.25, 0.3) is 0 Å². The Balaban J connectivity index is 2.26. The van der Waals surface area contributed by atoms with Gasteiger partial charge in [0.1, 0.15) is 11.5 Å². The highest BCUT2D eigenvalue weighted by Gasteiger charge is 2.17. The molecular weight excluding hydrogens is 302 g/mol. The maximum atomic E-state index is 12.2. The molecule has 0 fully saturated rings. The van der Waals surface area contributed by atoms with Gasteiger partial charge in [0.15, 0.2) is 0 Å². The van der Waals surface area contributed by atoms with E-state index in [1.54, 1.807) is 14.2 Å². The Morgan fingerprint density at radius 2 is 1.38 bits per heavy atom. The molecule has 4 heteroatoms. The summed E-state index contributed by atoms with van der Waals surface area (Å²) in [6.45, 7) is 2.08. The fourth-order valence-electron chi connectivity index (χ4n) is 2.52. The van der Waals surface area contributed by atoms with Gasteiger partial charge in [0.2, 0.25) is 5.91 Å². The van der Waals surface area contributed by atoms with Crippen LogP contribution in [0, 0.1) is 0 Å². The average Bonchev–Trinajstić information content (AvgIpc) is 2.64. The Labute approximate surface area is 143 Å². The van der Waals surface area contributed by atoms with Crippen LogP contribution in [-0.2, 0) is 4.79 Å². The van der Waals surface area contributed by atoms with E-state index in [0.717, 1.165) is 35.5 Å². The first-order valence-electron chi connectivity index (χ1n) is 8.25. The number of benzene rings is 2. The Hall–Kier alpha value is -2.49. The predicted molar refractivity (Wildman–Crippen MR) is 95.5 cm³/mol. The van der Waals surface area contributed by atoms with Gasteiger partial charge in [0, 0.05) is 6.42 Å². The average molecular weight is 327 g/mol. The zero-order valence-corrected chi connectivity index (χ0v) is 14.5. The summed E-state index contributed by atoms with van der Waals surface area (Å²) in [7, 11) is 3.28. The predicted octanol–water partition coefficient (Wildman–Crippen LogP) is 4.10. The quantitative estimate of drug-likeness (QED) is 0.794. The Morgan fingerprint density at radius 3 is 1.75 bits per heavy atom. The van der Waals surface area contributed by atoms with E-state index >= 15 is 0 Å². The molecule has 2 rings (SSSR count). The lowest BCUT2D eigenvalue weighted by atomic mass is 9.98. The Morgan fingerprint density at radius 1 is 0.917 bits per heavy atom. The monoisotopic (exact) mass is 327 g/mol. The maximum absolute atomic E-state index is 12.2. The van der Waals surface area contributed by atoms with Crippen LogP contribution in [0.3, 0.4) is 0 Å². The summed E-state index contributed by atoms with van der Waals surface area (Å²) in [6, 6.07) is 15.4. The SMILES string of the molecule is CCCCC(=O)NC(c1ccc(OC)cc1)c1ccc(OC)cc1. The number of rotatable bonds is 8. The van der Waals surface area contributed by atoms with Gasteiger partial charge in [-0.3, -0.25) is 4.79 Å². The van der Waals surface area contributed by atoms with E-state index in [2.05, 4.69) is 12.2 Å². The van der Waals surface area contributed by atoms with E-state index < -0.39 is 0 Å². The summed E-state index contributed by atoms with van der Waals surface area (Å²) >= 11 is 0. The van der Waals surface area contributed by atoms with Gasteiger partial charge >= 0.3 is 0 Å². The topological polar surface area (TPSA) is 47.6 Å². The molecule has 0 bridgehead atoms. The third kappa shape index (κ3) is 4.75. The van der Waals surface area contributed by atoms with Crippen molar-refractivity contribution in [1.82, 2.24) is 5.32 Å². The zero-order chi connectivity index (χ0) is 17.4. The molecular formula is C20H25NO3. The summed E-state index contributed by atoms with van der Waals surface area (Å²) in [5.74, 6) is 1.66. The molecule has 0 aliphatic heterocycles. The number of unbranched alkanes of at least 4 members (excludes halogenated alkanes) is 1. The summed E-state index contributed by atoms with van der Waals surface area (Å²) in [5, 5.41) is 3.14. The number of nitrogens with one attached hydrogen (secondary N) is 1. The number of carbonyl (C=O) groups is 1. The number of ether oxygens (including phenoxy) is 2. The molecule has 128 valence electrons. The van der Waals surface area contributed by atoms with Gasteiger partial charge in [-0.2, -0.15) is 0 Å². The molecule has 0 saturated heterocycles. The first kappa shape index (κ1) is 17.9. The van der Waals surface area contributed by atoms with Crippen LogP contribution in [0.4, 0.5) is 0 Å². The second kappa shape index (κ2) is 8.96. The van der Waals surface area contributed by atoms with Crippen molar-refractivity contribution in [2.45, 2.75) is 32.2 Å². The van der Waals surface area contributed by atoms with Crippen LogP contribution in [-0.4, -0.2) is 20.1 Å². The first-order valence-corrected chi connectivity index (χ1v) is 8.25. The lowest BCUT2D eigenvalue weighted by Crippen LogP contribution is -2.29. The lowest BCUT2D eigenvalue weighted by molar-refractivity contribution is -0.121. The van der Waals surface area contributed by atoms with Crippen molar-refractivity contribution in [3.05, 3.63) is 59.7 Å². The fourth-order valence-corrected chi connectivity index (χ4v) is 2.52. The van der Waals surface area contributed by atoms with Crippen LogP contribution in [0.2, 0.25) is 0 Å². The molecule has 1 amide bonds. The molecule has 0 heterocycles. The second-order valence-corrected chi connectivity index (χ2v) is 5.65. The molecule has 0 saturated carbocycles. The highest BCUT2D eigenvalue weighted by molar-refractivity contribution is 5.77. The number of methoxy groups -OCH3 is 2. The standard InChI is InChI=1S/C20H25NO3/c1-4-5-6-19(22)21-20(15-7-11-17(23-2)12-8-15)16-9-13-18(24-3)14-10-16/h7-14,20H,4-6H2,1-3H3,(H,21,22). The van der Waals surface area contributed by atoms with E-state index in [1.807, 2.05) is 48.5 Å². The summed E-state index contributed by atoms with van der Waals surface area (Å²) in [4.78, 5) is 12.2. The minimum atomic E-state index is -0.189. The number of amides is 1. The molecule has 2 aromatic carbocycles. The van der Waals surface area contributed by atoms with Crippen LogP contribution in [0.1, 0.15) is 43.4 Å². The van der Waals surface area contributed by atoms with E-state index in [1.165, 1.54) is 0 Å². The normalized spacial score (nSPS) is 10.5. The molecule has 0 spiro atoms. The smallest absolute Gasteiger partial charge is 0.220 e. The van der Waals surface area contributed by atoms with Gasteiger partial charge in [-0.05, 0) is 41.8 Å². The van der Waals surface area contributed by atoms with E-state index in [4.69, 9.17) is 9.47 Å². The van der Waals surface area contributed by atoms with Gasteiger partial charge in [0.05, 0.1) is 20.3 Å². The van der Waals surface area contributed by atoms with Gasteiger partial charge < -0.3 is 14.8 Å². The Bertz CT molecular complexity index is 587. The third-order valence-corrected chi connectivity index (χ3v) is 3.96. The van der Waals surface area contributed by atoms with E-state index in [0.29, 0.717) is 6.42 Å².